The number of hydrogen-bond donors (Lipinski definition) is 1. The first-order chi connectivity index (χ1) is 12.5. The van der Waals surface area contributed by atoms with Gasteiger partial charge in [0.2, 0.25) is 5.91 Å². The molecule has 6 nitrogen and oxygen atoms in total. The highest BCUT2D eigenvalue weighted by Gasteiger charge is 2.18. The molecule has 3 rings (SSSR count). The molecule has 0 aliphatic heterocycles. The van der Waals surface area contributed by atoms with E-state index in [-0.39, 0.29) is 18.3 Å². The lowest BCUT2D eigenvalue weighted by Gasteiger charge is -2.15. The van der Waals surface area contributed by atoms with Gasteiger partial charge in [-0.2, -0.15) is 5.10 Å². The standard InChI is InChI=1S/C19H17FN4O2/c1-13(19(26)22-12-16-4-2-3-11-21-16)24-18(25)10-9-17(23-24)14-5-7-15(20)8-6-14/h2-11,13H,12H2,1H3,(H,22,26). The molecule has 0 aliphatic rings. The number of carbonyl (C=O) groups excluding carboxylic acids is 1. The highest BCUT2D eigenvalue weighted by molar-refractivity contribution is 5.79. The third kappa shape index (κ3) is 4.00. The molecule has 1 aromatic carbocycles. The van der Waals surface area contributed by atoms with E-state index in [4.69, 9.17) is 0 Å². The molecular weight excluding hydrogens is 335 g/mol. The van der Waals surface area contributed by atoms with Gasteiger partial charge >= 0.3 is 0 Å². The predicted octanol–water partition coefficient (Wildman–Crippen LogP) is 2.32. The first-order valence-electron chi connectivity index (χ1n) is 8.08. The van der Waals surface area contributed by atoms with E-state index in [2.05, 4.69) is 15.4 Å². The number of carbonyl (C=O) groups is 1. The van der Waals surface area contributed by atoms with E-state index in [0.717, 1.165) is 4.68 Å². The van der Waals surface area contributed by atoms with E-state index < -0.39 is 11.6 Å². The smallest absolute Gasteiger partial charge is 0.267 e. The van der Waals surface area contributed by atoms with Crippen molar-refractivity contribution in [3.05, 3.63) is 82.7 Å². The van der Waals surface area contributed by atoms with E-state index in [1.807, 2.05) is 6.07 Å². The molecule has 1 N–H and O–H groups in total. The van der Waals surface area contributed by atoms with E-state index in [1.165, 1.54) is 18.2 Å². The summed E-state index contributed by atoms with van der Waals surface area (Å²) in [5.74, 6) is -0.703. The van der Waals surface area contributed by atoms with Crippen molar-refractivity contribution in [1.82, 2.24) is 20.1 Å². The SMILES string of the molecule is CC(C(=O)NCc1ccccn1)n1nc(-c2ccc(F)cc2)ccc1=O. The monoisotopic (exact) mass is 352 g/mol. The number of hydrogen-bond acceptors (Lipinski definition) is 4. The van der Waals surface area contributed by atoms with Crippen LogP contribution < -0.4 is 10.9 Å². The first-order valence-corrected chi connectivity index (χ1v) is 8.08. The zero-order chi connectivity index (χ0) is 18.5. The fourth-order valence-corrected chi connectivity index (χ4v) is 2.42. The minimum absolute atomic E-state index is 0.260. The molecule has 2 heterocycles. The average Bonchev–Trinajstić information content (AvgIpc) is 2.67. The van der Waals surface area contributed by atoms with Gasteiger partial charge in [0, 0.05) is 17.8 Å². The maximum Gasteiger partial charge on any atom is 0.267 e. The van der Waals surface area contributed by atoms with Crippen LogP contribution in [-0.4, -0.2) is 20.7 Å². The zero-order valence-electron chi connectivity index (χ0n) is 14.1. The van der Waals surface area contributed by atoms with Crippen molar-refractivity contribution in [1.29, 1.82) is 0 Å². The molecule has 0 saturated heterocycles. The van der Waals surface area contributed by atoms with Gasteiger partial charge in [-0.3, -0.25) is 14.6 Å². The average molecular weight is 352 g/mol. The Morgan fingerprint density at radius 2 is 1.92 bits per heavy atom. The van der Waals surface area contributed by atoms with Crippen LogP contribution in [0.1, 0.15) is 18.7 Å². The maximum absolute atomic E-state index is 13.1. The van der Waals surface area contributed by atoms with E-state index in [1.54, 1.807) is 43.5 Å². The second kappa shape index (κ2) is 7.69. The summed E-state index contributed by atoms with van der Waals surface area (Å²) >= 11 is 0. The van der Waals surface area contributed by atoms with Crippen molar-refractivity contribution in [2.45, 2.75) is 19.5 Å². The molecule has 7 heteroatoms. The molecule has 1 unspecified atom stereocenters. The van der Waals surface area contributed by atoms with Gasteiger partial charge in [-0.15, -0.1) is 0 Å². The molecule has 0 spiro atoms. The number of nitrogens with zero attached hydrogens (tertiary/aromatic N) is 3. The highest BCUT2D eigenvalue weighted by Crippen LogP contribution is 2.16. The minimum Gasteiger partial charge on any atom is -0.349 e. The predicted molar refractivity (Wildman–Crippen MR) is 94.7 cm³/mol. The van der Waals surface area contributed by atoms with Crippen molar-refractivity contribution in [3.63, 3.8) is 0 Å². The van der Waals surface area contributed by atoms with Crippen molar-refractivity contribution >= 4 is 5.91 Å². The summed E-state index contributed by atoms with van der Waals surface area (Å²) in [7, 11) is 0. The molecule has 0 radical (unpaired) electrons. The van der Waals surface area contributed by atoms with Crippen LogP contribution in [0.15, 0.2) is 65.6 Å². The summed E-state index contributed by atoms with van der Waals surface area (Å²) in [5.41, 5.74) is 1.46. The molecule has 132 valence electrons. The van der Waals surface area contributed by atoms with Gasteiger partial charge in [0.1, 0.15) is 11.9 Å². The molecule has 0 saturated carbocycles. The molecule has 2 aromatic heterocycles. The van der Waals surface area contributed by atoms with Crippen molar-refractivity contribution in [2.24, 2.45) is 0 Å². The van der Waals surface area contributed by atoms with Crippen molar-refractivity contribution in [3.8, 4) is 11.3 Å². The van der Waals surface area contributed by atoms with Gasteiger partial charge in [-0.1, -0.05) is 6.07 Å². The third-order valence-electron chi connectivity index (χ3n) is 3.88. The van der Waals surface area contributed by atoms with Crippen LogP contribution >= 0.6 is 0 Å². The van der Waals surface area contributed by atoms with Gasteiger partial charge in [-0.05, 0) is 49.4 Å². The lowest BCUT2D eigenvalue weighted by molar-refractivity contribution is -0.124. The van der Waals surface area contributed by atoms with Crippen LogP contribution in [0.5, 0.6) is 0 Å². The Kier molecular flexibility index (Phi) is 5.17. The quantitative estimate of drug-likeness (QED) is 0.764. The number of amides is 1. The Labute approximate surface area is 149 Å². The highest BCUT2D eigenvalue weighted by atomic mass is 19.1. The number of pyridine rings is 1. The van der Waals surface area contributed by atoms with E-state index in [0.29, 0.717) is 17.0 Å². The molecule has 0 aliphatic carbocycles. The van der Waals surface area contributed by atoms with Crippen LogP contribution in [0, 0.1) is 5.82 Å². The van der Waals surface area contributed by atoms with Gasteiger partial charge in [-0.25, -0.2) is 9.07 Å². The van der Waals surface area contributed by atoms with E-state index in [9.17, 15) is 14.0 Å². The second-order valence-corrected chi connectivity index (χ2v) is 5.72. The number of aromatic nitrogens is 3. The Balaban J connectivity index is 1.78. The Morgan fingerprint density at radius 3 is 2.62 bits per heavy atom. The number of nitrogens with one attached hydrogen (secondary N) is 1. The Morgan fingerprint density at radius 1 is 1.15 bits per heavy atom. The van der Waals surface area contributed by atoms with Crippen molar-refractivity contribution in [2.75, 3.05) is 0 Å². The summed E-state index contributed by atoms with van der Waals surface area (Å²) < 4.78 is 14.2. The van der Waals surface area contributed by atoms with Crippen LogP contribution in [0.3, 0.4) is 0 Å². The molecule has 0 bridgehead atoms. The second-order valence-electron chi connectivity index (χ2n) is 5.72. The Hall–Kier alpha value is -3.35. The number of benzene rings is 1. The lowest BCUT2D eigenvalue weighted by Crippen LogP contribution is -2.36. The van der Waals surface area contributed by atoms with Gasteiger partial charge in [0.05, 0.1) is 17.9 Å². The van der Waals surface area contributed by atoms with Crippen LogP contribution in [0.25, 0.3) is 11.3 Å². The molecule has 0 fully saturated rings. The fourth-order valence-electron chi connectivity index (χ4n) is 2.42. The van der Waals surface area contributed by atoms with Gasteiger partial charge in [0.15, 0.2) is 0 Å². The summed E-state index contributed by atoms with van der Waals surface area (Å²) in [6.45, 7) is 1.85. The Bertz CT molecular complexity index is 955. The van der Waals surface area contributed by atoms with E-state index >= 15 is 0 Å². The summed E-state index contributed by atoms with van der Waals surface area (Å²) in [6.07, 6.45) is 1.64. The number of halogens is 1. The topological polar surface area (TPSA) is 76.9 Å². The molecule has 26 heavy (non-hydrogen) atoms. The fraction of sp³-hybridized carbons (Fsp3) is 0.158. The minimum atomic E-state index is -0.799. The summed E-state index contributed by atoms with van der Waals surface area (Å²) in [5, 5.41) is 6.99. The normalized spacial score (nSPS) is 11.8. The van der Waals surface area contributed by atoms with Crippen LogP contribution in [0.2, 0.25) is 0 Å². The first kappa shape index (κ1) is 17.5. The number of rotatable bonds is 5. The molecule has 1 atom stereocenters. The maximum atomic E-state index is 13.1. The largest absolute Gasteiger partial charge is 0.349 e. The molecule has 1 amide bonds. The van der Waals surface area contributed by atoms with Crippen LogP contribution in [0.4, 0.5) is 4.39 Å². The van der Waals surface area contributed by atoms with Gasteiger partial charge in [0.25, 0.3) is 5.56 Å². The molecular formula is C19H17FN4O2. The summed E-state index contributed by atoms with van der Waals surface area (Å²) in [4.78, 5) is 28.6. The summed E-state index contributed by atoms with van der Waals surface area (Å²) in [6, 6.07) is 13.3. The zero-order valence-corrected chi connectivity index (χ0v) is 14.1. The lowest BCUT2D eigenvalue weighted by atomic mass is 10.1. The van der Waals surface area contributed by atoms with Crippen LogP contribution in [-0.2, 0) is 11.3 Å². The van der Waals surface area contributed by atoms with Gasteiger partial charge < -0.3 is 5.32 Å². The molecule has 3 aromatic rings. The third-order valence-corrected chi connectivity index (χ3v) is 3.88. The van der Waals surface area contributed by atoms with Crippen molar-refractivity contribution < 1.29 is 9.18 Å².